The van der Waals surface area contributed by atoms with Gasteiger partial charge in [-0.2, -0.15) is 0 Å². The van der Waals surface area contributed by atoms with Crippen LogP contribution in [0.25, 0.3) is 0 Å². The molecule has 21 heavy (non-hydrogen) atoms. The number of carbonyl (C=O) groups is 1. The van der Waals surface area contributed by atoms with E-state index in [9.17, 15) is 9.18 Å². The average Bonchev–Trinajstić information content (AvgIpc) is 2.46. The van der Waals surface area contributed by atoms with Crippen molar-refractivity contribution in [1.29, 1.82) is 0 Å². The van der Waals surface area contributed by atoms with Crippen LogP contribution in [0, 0.1) is 5.82 Å². The summed E-state index contributed by atoms with van der Waals surface area (Å²) in [5, 5.41) is 14.7. The Labute approximate surface area is 129 Å². The first-order valence-electron chi connectivity index (χ1n) is 6.07. The lowest BCUT2D eigenvalue weighted by atomic mass is 10.1. The molecule has 0 heterocycles. The molecule has 4 nitrogen and oxygen atoms in total. The Morgan fingerprint density at radius 1 is 1.24 bits per heavy atom. The highest BCUT2D eigenvalue weighted by Crippen LogP contribution is 2.21. The second kappa shape index (κ2) is 6.49. The van der Waals surface area contributed by atoms with Gasteiger partial charge in [-0.1, -0.05) is 23.4 Å². The van der Waals surface area contributed by atoms with Gasteiger partial charge in [0.1, 0.15) is 5.82 Å². The summed E-state index contributed by atoms with van der Waals surface area (Å²) in [6, 6.07) is 10.8. The number of hydrogen-bond donors (Lipinski definition) is 2. The zero-order valence-corrected chi connectivity index (χ0v) is 12.7. The van der Waals surface area contributed by atoms with Crippen molar-refractivity contribution >= 4 is 33.2 Å². The number of carbonyl (C=O) groups excluding carboxylic acids is 1. The van der Waals surface area contributed by atoms with E-state index in [0.29, 0.717) is 27.0 Å². The van der Waals surface area contributed by atoms with Crippen LogP contribution in [-0.4, -0.2) is 16.8 Å². The molecule has 6 heteroatoms. The van der Waals surface area contributed by atoms with Gasteiger partial charge >= 0.3 is 0 Å². The van der Waals surface area contributed by atoms with Crippen molar-refractivity contribution in [3.63, 3.8) is 0 Å². The van der Waals surface area contributed by atoms with Gasteiger partial charge < -0.3 is 10.5 Å². The fraction of sp³-hybridized carbons (Fsp3) is 0.0667. The number of para-hydroxylation sites is 1. The summed E-state index contributed by atoms with van der Waals surface area (Å²) < 4.78 is 13.4. The summed E-state index contributed by atoms with van der Waals surface area (Å²) in [5.74, 6) is -0.817. The van der Waals surface area contributed by atoms with Crippen LogP contribution in [0.3, 0.4) is 0 Å². The second-order valence-electron chi connectivity index (χ2n) is 4.31. The van der Waals surface area contributed by atoms with Gasteiger partial charge in [-0.3, -0.25) is 4.79 Å². The minimum Gasteiger partial charge on any atom is -0.411 e. The first-order chi connectivity index (χ1) is 10.0. The molecule has 0 saturated carbocycles. The zero-order chi connectivity index (χ0) is 15.4. The van der Waals surface area contributed by atoms with Crippen LogP contribution < -0.4 is 5.32 Å². The molecular formula is C15H12BrFN2O2. The Balaban J connectivity index is 2.32. The zero-order valence-electron chi connectivity index (χ0n) is 11.1. The summed E-state index contributed by atoms with van der Waals surface area (Å²) in [6.45, 7) is 1.62. The maximum absolute atomic E-state index is 13.0. The summed E-state index contributed by atoms with van der Waals surface area (Å²) in [5.41, 5.74) is 1.80. The third-order valence-corrected chi connectivity index (χ3v) is 3.55. The molecule has 0 fully saturated rings. The van der Waals surface area contributed by atoms with Crippen LogP contribution in [0.4, 0.5) is 10.1 Å². The summed E-state index contributed by atoms with van der Waals surface area (Å²) in [7, 11) is 0. The number of oxime groups is 1. The first kappa shape index (κ1) is 15.2. The van der Waals surface area contributed by atoms with E-state index in [0.717, 1.165) is 0 Å². The molecule has 0 radical (unpaired) electrons. The predicted molar refractivity (Wildman–Crippen MR) is 82.5 cm³/mol. The van der Waals surface area contributed by atoms with E-state index < -0.39 is 5.82 Å². The number of amides is 1. The molecule has 0 saturated heterocycles. The number of halogens is 2. The third-order valence-electron chi connectivity index (χ3n) is 2.89. The number of rotatable bonds is 3. The third kappa shape index (κ3) is 3.46. The maximum atomic E-state index is 13.0. The summed E-state index contributed by atoms with van der Waals surface area (Å²) in [6.07, 6.45) is 0. The first-order valence-corrected chi connectivity index (χ1v) is 6.86. The number of benzene rings is 2. The van der Waals surface area contributed by atoms with E-state index in [4.69, 9.17) is 5.21 Å². The van der Waals surface area contributed by atoms with Gasteiger partial charge in [-0.15, -0.1) is 0 Å². The Bertz CT molecular complexity index is 717. The van der Waals surface area contributed by atoms with Crippen LogP contribution in [-0.2, 0) is 0 Å². The molecule has 2 N–H and O–H groups in total. The van der Waals surface area contributed by atoms with Gasteiger partial charge in [0.25, 0.3) is 5.91 Å². The van der Waals surface area contributed by atoms with Gasteiger partial charge in [0.2, 0.25) is 0 Å². The van der Waals surface area contributed by atoms with Crippen LogP contribution in [0.1, 0.15) is 22.8 Å². The molecule has 0 aliphatic rings. The molecule has 2 aromatic rings. The van der Waals surface area contributed by atoms with E-state index in [2.05, 4.69) is 26.4 Å². The highest BCUT2D eigenvalue weighted by molar-refractivity contribution is 9.10. The molecule has 0 aliphatic carbocycles. The smallest absolute Gasteiger partial charge is 0.256 e. The Kier molecular flexibility index (Phi) is 4.70. The van der Waals surface area contributed by atoms with Crippen LogP contribution in [0.5, 0.6) is 0 Å². The lowest BCUT2D eigenvalue weighted by Gasteiger charge is -2.11. The number of nitrogens with zero attached hydrogens (tertiary/aromatic N) is 1. The lowest BCUT2D eigenvalue weighted by Crippen LogP contribution is -2.15. The quantitative estimate of drug-likeness (QED) is 0.498. The van der Waals surface area contributed by atoms with Gasteiger partial charge in [0, 0.05) is 10.0 Å². The molecule has 0 atom stereocenters. The fourth-order valence-electron chi connectivity index (χ4n) is 1.82. The van der Waals surface area contributed by atoms with E-state index in [-0.39, 0.29) is 5.91 Å². The van der Waals surface area contributed by atoms with Crippen molar-refractivity contribution in [2.45, 2.75) is 6.92 Å². The number of hydrogen-bond acceptors (Lipinski definition) is 3. The highest BCUT2D eigenvalue weighted by Gasteiger charge is 2.13. The van der Waals surface area contributed by atoms with E-state index in [1.165, 1.54) is 18.2 Å². The second-order valence-corrected chi connectivity index (χ2v) is 5.16. The van der Waals surface area contributed by atoms with Crippen LogP contribution in [0.2, 0.25) is 0 Å². The lowest BCUT2D eigenvalue weighted by molar-refractivity contribution is 0.102. The SMILES string of the molecule is C/C(=N\O)c1ccccc1NC(=O)c1ccc(F)cc1Br. The van der Waals surface area contributed by atoms with Crippen molar-refractivity contribution in [2.75, 3.05) is 5.32 Å². The number of nitrogens with one attached hydrogen (secondary N) is 1. The molecule has 1 amide bonds. The molecule has 2 rings (SSSR count). The van der Waals surface area contributed by atoms with Crippen molar-refractivity contribution < 1.29 is 14.4 Å². The van der Waals surface area contributed by atoms with E-state index >= 15 is 0 Å². The summed E-state index contributed by atoms with van der Waals surface area (Å²) >= 11 is 3.16. The molecular weight excluding hydrogens is 339 g/mol. The van der Waals surface area contributed by atoms with Gasteiger partial charge in [-0.05, 0) is 47.1 Å². The Hall–Kier alpha value is -2.21. The largest absolute Gasteiger partial charge is 0.411 e. The van der Waals surface area contributed by atoms with Gasteiger partial charge in [0.05, 0.1) is 17.0 Å². The van der Waals surface area contributed by atoms with E-state index in [1.807, 2.05) is 0 Å². The molecule has 0 aliphatic heterocycles. The summed E-state index contributed by atoms with van der Waals surface area (Å²) in [4.78, 5) is 12.2. The van der Waals surface area contributed by atoms with E-state index in [1.54, 1.807) is 31.2 Å². The topological polar surface area (TPSA) is 61.7 Å². The number of anilines is 1. The monoisotopic (exact) mass is 350 g/mol. The molecule has 2 aromatic carbocycles. The average molecular weight is 351 g/mol. The minimum atomic E-state index is -0.429. The van der Waals surface area contributed by atoms with Crippen molar-refractivity contribution in [2.24, 2.45) is 5.16 Å². The Morgan fingerprint density at radius 3 is 2.62 bits per heavy atom. The normalized spacial score (nSPS) is 11.3. The highest BCUT2D eigenvalue weighted by atomic mass is 79.9. The Morgan fingerprint density at radius 2 is 1.95 bits per heavy atom. The van der Waals surface area contributed by atoms with Gasteiger partial charge in [-0.25, -0.2) is 4.39 Å². The molecule has 0 aromatic heterocycles. The van der Waals surface area contributed by atoms with Crippen molar-refractivity contribution in [1.82, 2.24) is 0 Å². The standard InChI is InChI=1S/C15H12BrFN2O2/c1-9(19-21)11-4-2-3-5-14(11)18-15(20)12-7-6-10(17)8-13(12)16/h2-8,21H,1H3,(H,18,20)/b19-9+. The van der Waals surface area contributed by atoms with Crippen molar-refractivity contribution in [3.8, 4) is 0 Å². The van der Waals surface area contributed by atoms with Crippen LogP contribution >= 0.6 is 15.9 Å². The molecule has 0 bridgehead atoms. The van der Waals surface area contributed by atoms with Gasteiger partial charge in [0.15, 0.2) is 0 Å². The maximum Gasteiger partial charge on any atom is 0.256 e. The fourth-order valence-corrected chi connectivity index (χ4v) is 2.36. The minimum absolute atomic E-state index is 0.310. The predicted octanol–water partition coefficient (Wildman–Crippen LogP) is 4.04. The van der Waals surface area contributed by atoms with Crippen LogP contribution in [0.15, 0.2) is 52.1 Å². The molecule has 108 valence electrons. The van der Waals surface area contributed by atoms with Crippen molar-refractivity contribution in [3.05, 3.63) is 63.9 Å². The molecule has 0 unspecified atom stereocenters. The molecule has 0 spiro atoms.